The van der Waals surface area contributed by atoms with Gasteiger partial charge in [-0.1, -0.05) is 30.9 Å². The Labute approximate surface area is 120 Å². The average Bonchev–Trinajstić information content (AvgIpc) is 2.31. The topological polar surface area (TPSA) is 29.1 Å². The van der Waals surface area contributed by atoms with Crippen LogP contribution in [0.5, 0.6) is 0 Å². The predicted molar refractivity (Wildman–Crippen MR) is 79.2 cm³/mol. The quantitative estimate of drug-likeness (QED) is 0.646. The van der Waals surface area contributed by atoms with E-state index in [4.69, 9.17) is 18.0 Å². The van der Waals surface area contributed by atoms with E-state index in [0.29, 0.717) is 10.6 Å². The maximum absolute atomic E-state index is 12.0. The largest absolute Gasteiger partial charge is 0.338 e. The maximum atomic E-state index is 12.0. The van der Waals surface area contributed by atoms with E-state index in [1.807, 2.05) is 13.0 Å². The highest BCUT2D eigenvalue weighted by Crippen LogP contribution is 2.18. The molecule has 2 nitrogen and oxygen atoms in total. The van der Waals surface area contributed by atoms with Crippen LogP contribution in [0.25, 0.3) is 0 Å². The van der Waals surface area contributed by atoms with E-state index >= 15 is 0 Å². The number of halogens is 2. The van der Waals surface area contributed by atoms with Gasteiger partial charge in [-0.15, -0.1) is 6.42 Å². The highest BCUT2D eigenvalue weighted by molar-refractivity contribution is 14.1. The molecular formula is C13H13ClINO. The van der Waals surface area contributed by atoms with E-state index < -0.39 is 0 Å². The van der Waals surface area contributed by atoms with Crippen LogP contribution in [0.2, 0.25) is 5.02 Å². The van der Waals surface area contributed by atoms with E-state index in [-0.39, 0.29) is 11.9 Å². The van der Waals surface area contributed by atoms with Crippen molar-refractivity contribution in [3.63, 3.8) is 0 Å². The van der Waals surface area contributed by atoms with Gasteiger partial charge in [0, 0.05) is 8.59 Å². The lowest BCUT2D eigenvalue weighted by Gasteiger charge is -2.13. The van der Waals surface area contributed by atoms with Crippen LogP contribution in [-0.4, -0.2) is 11.9 Å². The summed E-state index contributed by atoms with van der Waals surface area (Å²) in [6.07, 6.45) is 7.07. The number of carbonyl (C=O) groups is 1. The lowest BCUT2D eigenvalue weighted by Crippen LogP contribution is -2.34. The van der Waals surface area contributed by atoms with Crippen LogP contribution < -0.4 is 5.32 Å². The number of terminal acetylenes is 1. The number of amides is 1. The Morgan fingerprint density at radius 3 is 2.94 bits per heavy atom. The summed E-state index contributed by atoms with van der Waals surface area (Å²) in [5.41, 5.74) is 0.564. The molecule has 1 rings (SSSR count). The summed E-state index contributed by atoms with van der Waals surface area (Å²) in [5.74, 6) is 2.40. The number of benzene rings is 1. The van der Waals surface area contributed by atoms with Gasteiger partial charge in [0.05, 0.1) is 11.6 Å². The zero-order chi connectivity index (χ0) is 12.8. The molecule has 1 atom stereocenters. The third kappa shape index (κ3) is 4.21. The number of hydrogen-bond acceptors (Lipinski definition) is 1. The van der Waals surface area contributed by atoms with Crippen LogP contribution in [0, 0.1) is 15.9 Å². The summed E-state index contributed by atoms with van der Waals surface area (Å²) in [5, 5.41) is 3.36. The fourth-order valence-corrected chi connectivity index (χ4v) is 2.15. The van der Waals surface area contributed by atoms with Gasteiger partial charge in [0.1, 0.15) is 0 Å². The molecule has 0 bridgehead atoms. The molecule has 1 amide bonds. The van der Waals surface area contributed by atoms with E-state index in [1.165, 1.54) is 0 Å². The monoisotopic (exact) mass is 361 g/mol. The molecule has 1 aromatic carbocycles. The van der Waals surface area contributed by atoms with Crippen molar-refractivity contribution in [3.8, 4) is 12.3 Å². The molecule has 0 aliphatic rings. The zero-order valence-electron chi connectivity index (χ0n) is 9.47. The second-order valence-corrected chi connectivity index (χ2v) is 5.20. The fraction of sp³-hybridized carbons (Fsp3) is 0.308. The van der Waals surface area contributed by atoms with Gasteiger partial charge in [-0.05, 0) is 47.2 Å². The van der Waals surface area contributed by atoms with Crippen molar-refractivity contribution >= 4 is 40.1 Å². The first-order chi connectivity index (χ1) is 8.08. The Morgan fingerprint density at radius 1 is 1.65 bits per heavy atom. The van der Waals surface area contributed by atoms with Crippen LogP contribution in [0.1, 0.15) is 30.1 Å². The number of rotatable bonds is 4. The molecular weight excluding hydrogens is 349 g/mol. The molecule has 4 heteroatoms. The third-order valence-electron chi connectivity index (χ3n) is 2.26. The SMILES string of the molecule is C#CC(CCC)NC(=O)c1cc(Cl)ccc1I. The van der Waals surface area contributed by atoms with Crippen LogP contribution in [-0.2, 0) is 0 Å². The third-order valence-corrected chi connectivity index (χ3v) is 3.43. The second-order valence-electron chi connectivity index (χ2n) is 3.61. The minimum atomic E-state index is -0.220. The molecule has 1 aromatic rings. The molecule has 17 heavy (non-hydrogen) atoms. The molecule has 1 N–H and O–H groups in total. The molecule has 0 aliphatic heterocycles. The maximum Gasteiger partial charge on any atom is 0.253 e. The highest BCUT2D eigenvalue weighted by Gasteiger charge is 2.13. The van der Waals surface area contributed by atoms with Gasteiger partial charge in [-0.25, -0.2) is 0 Å². The van der Waals surface area contributed by atoms with Gasteiger partial charge in [0.15, 0.2) is 0 Å². The van der Waals surface area contributed by atoms with E-state index in [2.05, 4.69) is 33.8 Å². The summed E-state index contributed by atoms with van der Waals surface area (Å²) in [7, 11) is 0. The van der Waals surface area contributed by atoms with Crippen molar-refractivity contribution in [2.45, 2.75) is 25.8 Å². The van der Waals surface area contributed by atoms with Crippen molar-refractivity contribution in [1.29, 1.82) is 0 Å². The van der Waals surface area contributed by atoms with E-state index in [9.17, 15) is 4.79 Å². The van der Waals surface area contributed by atoms with Crippen molar-refractivity contribution in [2.75, 3.05) is 0 Å². The predicted octanol–water partition coefficient (Wildman–Crippen LogP) is 3.48. The average molecular weight is 362 g/mol. The lowest BCUT2D eigenvalue weighted by molar-refractivity contribution is 0.0943. The van der Waals surface area contributed by atoms with Gasteiger partial charge in [-0.3, -0.25) is 4.79 Å². The summed E-state index contributed by atoms with van der Waals surface area (Å²) in [4.78, 5) is 12.0. The summed E-state index contributed by atoms with van der Waals surface area (Å²) in [6, 6.07) is 4.99. The molecule has 0 aliphatic carbocycles. The van der Waals surface area contributed by atoms with Crippen molar-refractivity contribution in [1.82, 2.24) is 5.32 Å². The van der Waals surface area contributed by atoms with Gasteiger partial charge in [0.2, 0.25) is 0 Å². The van der Waals surface area contributed by atoms with Crippen molar-refractivity contribution < 1.29 is 4.79 Å². The van der Waals surface area contributed by atoms with Crippen molar-refractivity contribution in [3.05, 3.63) is 32.4 Å². The van der Waals surface area contributed by atoms with Gasteiger partial charge < -0.3 is 5.32 Å². The molecule has 0 aromatic heterocycles. The minimum Gasteiger partial charge on any atom is -0.338 e. The van der Waals surface area contributed by atoms with E-state index in [1.54, 1.807) is 12.1 Å². The Hall–Kier alpha value is -0.730. The van der Waals surface area contributed by atoms with Gasteiger partial charge in [-0.2, -0.15) is 0 Å². The molecule has 0 saturated carbocycles. The summed E-state index contributed by atoms with van der Waals surface area (Å²) >= 11 is 7.97. The zero-order valence-corrected chi connectivity index (χ0v) is 12.4. The standard InChI is InChI=1S/C13H13ClINO/c1-3-5-10(4-2)16-13(17)11-8-9(14)6-7-12(11)15/h2,6-8,10H,3,5H2,1H3,(H,16,17). The summed E-state index contributed by atoms with van der Waals surface area (Å²) in [6.45, 7) is 2.03. The van der Waals surface area contributed by atoms with E-state index in [0.717, 1.165) is 16.4 Å². The van der Waals surface area contributed by atoms with Crippen LogP contribution in [0.4, 0.5) is 0 Å². The molecule has 0 spiro atoms. The summed E-state index contributed by atoms with van der Waals surface area (Å²) < 4.78 is 0.858. The van der Waals surface area contributed by atoms with Gasteiger partial charge in [0.25, 0.3) is 5.91 Å². The first-order valence-corrected chi connectivity index (χ1v) is 6.76. The first-order valence-electron chi connectivity index (χ1n) is 5.30. The normalized spacial score (nSPS) is 11.6. The van der Waals surface area contributed by atoms with Crippen LogP contribution in [0.3, 0.4) is 0 Å². The number of nitrogens with one attached hydrogen (secondary N) is 1. The molecule has 90 valence electrons. The van der Waals surface area contributed by atoms with Gasteiger partial charge >= 0.3 is 0 Å². The van der Waals surface area contributed by atoms with Crippen LogP contribution in [0.15, 0.2) is 18.2 Å². The highest BCUT2D eigenvalue weighted by atomic mass is 127. The first kappa shape index (κ1) is 14.3. The fourth-order valence-electron chi connectivity index (χ4n) is 1.39. The van der Waals surface area contributed by atoms with Crippen LogP contribution >= 0.6 is 34.2 Å². The Morgan fingerprint density at radius 2 is 2.35 bits per heavy atom. The Bertz CT molecular complexity index is 453. The Balaban J connectivity index is 2.83. The molecule has 0 radical (unpaired) electrons. The smallest absolute Gasteiger partial charge is 0.253 e. The number of hydrogen-bond donors (Lipinski definition) is 1. The Kier molecular flexibility index (Phi) is 5.79. The molecule has 1 unspecified atom stereocenters. The molecule has 0 fully saturated rings. The second kappa shape index (κ2) is 6.87. The number of carbonyl (C=O) groups excluding carboxylic acids is 1. The lowest BCUT2D eigenvalue weighted by atomic mass is 10.1. The minimum absolute atomic E-state index is 0.173. The van der Waals surface area contributed by atoms with Crippen molar-refractivity contribution in [2.24, 2.45) is 0 Å². The molecule has 0 heterocycles. The molecule has 0 saturated heterocycles.